The summed E-state index contributed by atoms with van der Waals surface area (Å²) in [5.41, 5.74) is 2.81. The number of hydrogen-bond donors (Lipinski definition) is 1. The van der Waals surface area contributed by atoms with Crippen LogP contribution < -0.4 is 5.32 Å². The van der Waals surface area contributed by atoms with E-state index >= 15 is 0 Å². The van der Waals surface area contributed by atoms with Gasteiger partial charge in [0.05, 0.1) is 0 Å². The van der Waals surface area contributed by atoms with Crippen LogP contribution in [0, 0.1) is 7.11 Å². The number of anilines is 1. The van der Waals surface area contributed by atoms with Gasteiger partial charge in [0.15, 0.2) is 0 Å². The van der Waals surface area contributed by atoms with Gasteiger partial charge in [-0.05, 0) is 23.3 Å². The molecule has 0 heterocycles. The first-order valence-electron chi connectivity index (χ1n) is 5.18. The molecule has 0 atom stereocenters. The van der Waals surface area contributed by atoms with Gasteiger partial charge in [-0.2, -0.15) is 0 Å². The van der Waals surface area contributed by atoms with E-state index in [2.05, 4.69) is 17.2 Å². The molecule has 1 amide bonds. The van der Waals surface area contributed by atoms with Gasteiger partial charge >= 0.3 is 6.09 Å². The highest BCUT2D eigenvalue weighted by atomic mass is 16.5. The number of ether oxygens (including phenoxy) is 1. The molecule has 0 unspecified atom stereocenters. The molecule has 0 saturated heterocycles. The summed E-state index contributed by atoms with van der Waals surface area (Å²) in [4.78, 5) is 11.0. The first-order chi connectivity index (χ1) is 8.29. The van der Waals surface area contributed by atoms with Gasteiger partial charge in [-0.1, -0.05) is 42.5 Å². The van der Waals surface area contributed by atoms with E-state index in [0.717, 1.165) is 11.1 Å². The van der Waals surface area contributed by atoms with Crippen molar-refractivity contribution >= 4 is 11.8 Å². The minimum absolute atomic E-state index is 0.574. The zero-order valence-corrected chi connectivity index (χ0v) is 9.22. The second-order valence-corrected chi connectivity index (χ2v) is 3.50. The van der Waals surface area contributed by atoms with Crippen molar-refractivity contribution in [1.82, 2.24) is 0 Å². The van der Waals surface area contributed by atoms with E-state index in [0.29, 0.717) is 5.69 Å². The number of benzene rings is 2. The van der Waals surface area contributed by atoms with E-state index in [-0.39, 0.29) is 0 Å². The predicted octanol–water partition coefficient (Wildman–Crippen LogP) is 3.69. The molecule has 3 nitrogen and oxygen atoms in total. The SMILES string of the molecule is [CH2]OC(=O)Nc1cccc(-c2ccccc2)c1. The fraction of sp³-hybridized carbons (Fsp3) is 0. The largest absolute Gasteiger partial charge is 0.446 e. The lowest BCUT2D eigenvalue weighted by molar-refractivity contribution is 0.199. The molecule has 3 heteroatoms. The third-order valence-electron chi connectivity index (χ3n) is 2.35. The summed E-state index contributed by atoms with van der Waals surface area (Å²) < 4.78 is 4.30. The van der Waals surface area contributed by atoms with E-state index in [1.807, 2.05) is 48.5 Å². The van der Waals surface area contributed by atoms with Gasteiger partial charge in [-0.15, -0.1) is 0 Å². The van der Waals surface area contributed by atoms with Crippen LogP contribution in [0.2, 0.25) is 0 Å². The van der Waals surface area contributed by atoms with Crippen molar-refractivity contribution in [1.29, 1.82) is 0 Å². The summed E-state index contributed by atoms with van der Waals surface area (Å²) in [5, 5.41) is 2.58. The van der Waals surface area contributed by atoms with E-state index in [4.69, 9.17) is 0 Å². The summed E-state index contributed by atoms with van der Waals surface area (Å²) >= 11 is 0. The maximum Gasteiger partial charge on any atom is 0.411 e. The van der Waals surface area contributed by atoms with Crippen LogP contribution in [0.1, 0.15) is 0 Å². The lowest BCUT2D eigenvalue weighted by atomic mass is 10.1. The molecule has 0 spiro atoms. The average Bonchev–Trinajstić information content (AvgIpc) is 2.40. The lowest BCUT2D eigenvalue weighted by Gasteiger charge is -2.06. The van der Waals surface area contributed by atoms with E-state index in [1.54, 1.807) is 6.07 Å². The molecule has 0 aliphatic carbocycles. The summed E-state index contributed by atoms with van der Waals surface area (Å²) in [5.74, 6) is 0. The number of rotatable bonds is 2. The molecule has 1 N–H and O–H groups in total. The smallest absolute Gasteiger partial charge is 0.411 e. The summed E-state index contributed by atoms with van der Waals surface area (Å²) in [6.07, 6.45) is -0.574. The van der Waals surface area contributed by atoms with Crippen LogP contribution in [0.15, 0.2) is 54.6 Å². The first-order valence-corrected chi connectivity index (χ1v) is 5.18. The number of nitrogens with one attached hydrogen (secondary N) is 1. The Hall–Kier alpha value is -2.29. The average molecular weight is 226 g/mol. The molecular weight excluding hydrogens is 214 g/mol. The Morgan fingerprint density at radius 1 is 1.00 bits per heavy atom. The minimum Gasteiger partial charge on any atom is -0.446 e. The molecule has 2 aromatic rings. The standard InChI is InChI=1S/C14H12NO2/c1-17-14(16)15-13-9-5-8-12(10-13)11-6-3-2-4-7-11/h2-10H,1H2,(H,15,16). The van der Waals surface area contributed by atoms with Crippen molar-refractivity contribution in [3.8, 4) is 11.1 Å². The predicted molar refractivity (Wildman–Crippen MR) is 67.3 cm³/mol. The van der Waals surface area contributed by atoms with Crippen molar-refractivity contribution in [3.05, 3.63) is 61.7 Å². The molecule has 1 radical (unpaired) electrons. The third kappa shape index (κ3) is 2.84. The van der Waals surface area contributed by atoms with Crippen molar-refractivity contribution in [2.45, 2.75) is 0 Å². The van der Waals surface area contributed by atoms with Gasteiger partial charge in [0, 0.05) is 5.69 Å². The van der Waals surface area contributed by atoms with Crippen molar-refractivity contribution in [2.75, 3.05) is 5.32 Å². The van der Waals surface area contributed by atoms with E-state index in [9.17, 15) is 4.79 Å². The number of carbonyl (C=O) groups excluding carboxylic acids is 1. The Bertz CT molecular complexity index is 509. The zero-order valence-electron chi connectivity index (χ0n) is 9.22. The Labute approximate surface area is 100 Å². The lowest BCUT2D eigenvalue weighted by Crippen LogP contribution is -2.09. The number of carbonyl (C=O) groups is 1. The Morgan fingerprint density at radius 3 is 2.41 bits per heavy atom. The van der Waals surface area contributed by atoms with Crippen LogP contribution >= 0.6 is 0 Å². The quantitative estimate of drug-likeness (QED) is 0.848. The number of hydrogen-bond acceptors (Lipinski definition) is 2. The monoisotopic (exact) mass is 226 g/mol. The van der Waals surface area contributed by atoms with Crippen molar-refractivity contribution in [3.63, 3.8) is 0 Å². The van der Waals surface area contributed by atoms with Crippen molar-refractivity contribution < 1.29 is 9.53 Å². The topological polar surface area (TPSA) is 38.3 Å². The molecule has 0 fully saturated rings. The van der Waals surface area contributed by atoms with Crippen LogP contribution in [0.5, 0.6) is 0 Å². The molecule has 0 saturated carbocycles. The van der Waals surface area contributed by atoms with Gasteiger partial charge in [0.2, 0.25) is 0 Å². The van der Waals surface area contributed by atoms with Crippen LogP contribution in [0.3, 0.4) is 0 Å². The highest BCUT2D eigenvalue weighted by Gasteiger charge is 2.02. The fourth-order valence-electron chi connectivity index (χ4n) is 1.56. The fourth-order valence-corrected chi connectivity index (χ4v) is 1.56. The second-order valence-electron chi connectivity index (χ2n) is 3.50. The zero-order chi connectivity index (χ0) is 12.1. The third-order valence-corrected chi connectivity index (χ3v) is 2.35. The molecule has 0 aliphatic rings. The minimum atomic E-state index is -0.574. The molecule has 17 heavy (non-hydrogen) atoms. The highest BCUT2D eigenvalue weighted by Crippen LogP contribution is 2.22. The maximum atomic E-state index is 11.0. The molecule has 0 bridgehead atoms. The highest BCUT2D eigenvalue weighted by molar-refractivity contribution is 5.85. The Balaban J connectivity index is 2.26. The van der Waals surface area contributed by atoms with Gasteiger partial charge < -0.3 is 4.74 Å². The molecular formula is C14H12NO2. The molecule has 85 valence electrons. The van der Waals surface area contributed by atoms with Crippen LogP contribution in [0.25, 0.3) is 11.1 Å². The normalized spacial score (nSPS) is 9.71. The van der Waals surface area contributed by atoms with E-state index < -0.39 is 6.09 Å². The van der Waals surface area contributed by atoms with Gasteiger partial charge in [-0.3, -0.25) is 5.32 Å². The summed E-state index contributed by atoms with van der Waals surface area (Å²) in [6, 6.07) is 17.5. The molecule has 0 aromatic heterocycles. The summed E-state index contributed by atoms with van der Waals surface area (Å²) in [6.45, 7) is 0. The van der Waals surface area contributed by atoms with Crippen LogP contribution in [-0.4, -0.2) is 6.09 Å². The van der Waals surface area contributed by atoms with E-state index in [1.165, 1.54) is 0 Å². The second kappa shape index (κ2) is 5.16. The molecule has 2 rings (SSSR count). The Kier molecular flexibility index (Phi) is 3.40. The van der Waals surface area contributed by atoms with Gasteiger partial charge in [-0.25, -0.2) is 4.79 Å². The first kappa shape index (κ1) is 11.2. The van der Waals surface area contributed by atoms with Gasteiger partial charge in [0.1, 0.15) is 7.11 Å². The molecule has 0 aliphatic heterocycles. The maximum absolute atomic E-state index is 11.0. The Morgan fingerprint density at radius 2 is 1.71 bits per heavy atom. The van der Waals surface area contributed by atoms with Crippen LogP contribution in [-0.2, 0) is 4.74 Å². The molecule has 2 aromatic carbocycles. The van der Waals surface area contributed by atoms with Gasteiger partial charge in [0.25, 0.3) is 0 Å². The van der Waals surface area contributed by atoms with Crippen LogP contribution in [0.4, 0.5) is 10.5 Å². The summed E-state index contributed by atoms with van der Waals surface area (Å²) in [7, 11) is 3.05. The van der Waals surface area contributed by atoms with Crippen molar-refractivity contribution in [2.24, 2.45) is 0 Å². The number of amides is 1.